The molecule has 0 radical (unpaired) electrons. The molecule has 0 bridgehead atoms. The zero-order chi connectivity index (χ0) is 27.5. The molecule has 6 rings (SSSR count). The first-order valence-electron chi connectivity index (χ1n) is 13.2. The number of benzene rings is 6. The molecule has 0 aliphatic rings. The Morgan fingerprint density at radius 2 is 0.375 bits per heavy atom. The maximum Gasteiger partial charge on any atom is 0.0249 e. The third-order valence-corrected chi connectivity index (χ3v) is 5.68. The molecule has 190 valence electrons. The normalized spacial score (nSPS) is 9.10. The SMILES string of the molecule is C(#Cc1ccccc1)c1ccccc1.C(#Cc1ccccc1)c1ccccc1.c1ccc(-c2ccccc2)cc1. The van der Waals surface area contributed by atoms with Gasteiger partial charge in [0.15, 0.2) is 0 Å². The predicted octanol–water partition coefficient (Wildman–Crippen LogP) is 9.53. The van der Waals surface area contributed by atoms with E-state index in [2.05, 4.69) is 72.2 Å². The molecule has 0 N–H and O–H groups in total. The average Bonchev–Trinajstić information content (AvgIpc) is 3.06. The fraction of sp³-hybridized carbons (Fsp3) is 0. The lowest BCUT2D eigenvalue weighted by molar-refractivity contribution is 1.62. The highest BCUT2D eigenvalue weighted by molar-refractivity contribution is 5.62. The van der Waals surface area contributed by atoms with Crippen LogP contribution in [0.1, 0.15) is 22.3 Å². The summed E-state index contributed by atoms with van der Waals surface area (Å²) in [5.74, 6) is 12.4. The second kappa shape index (κ2) is 16.3. The van der Waals surface area contributed by atoms with Crippen molar-refractivity contribution in [2.75, 3.05) is 0 Å². The fourth-order valence-corrected chi connectivity index (χ4v) is 3.64. The highest BCUT2D eigenvalue weighted by Gasteiger charge is 1.92. The molecule has 0 saturated carbocycles. The van der Waals surface area contributed by atoms with Crippen molar-refractivity contribution >= 4 is 0 Å². The summed E-state index contributed by atoms with van der Waals surface area (Å²) in [6.45, 7) is 0. The van der Waals surface area contributed by atoms with Crippen LogP contribution in [0.5, 0.6) is 0 Å². The third kappa shape index (κ3) is 10.1. The molecule has 0 aliphatic carbocycles. The summed E-state index contributed by atoms with van der Waals surface area (Å²) in [4.78, 5) is 0. The van der Waals surface area contributed by atoms with Crippen molar-refractivity contribution in [3.63, 3.8) is 0 Å². The van der Waals surface area contributed by atoms with Crippen LogP contribution in [0.2, 0.25) is 0 Å². The van der Waals surface area contributed by atoms with Crippen LogP contribution in [-0.4, -0.2) is 0 Å². The van der Waals surface area contributed by atoms with Crippen LogP contribution in [0, 0.1) is 23.7 Å². The van der Waals surface area contributed by atoms with Crippen molar-refractivity contribution in [2.24, 2.45) is 0 Å². The first-order chi connectivity index (χ1) is 19.9. The molecule has 0 spiro atoms. The van der Waals surface area contributed by atoms with Crippen LogP contribution in [0.3, 0.4) is 0 Å². The predicted molar refractivity (Wildman–Crippen MR) is 170 cm³/mol. The second-order valence-corrected chi connectivity index (χ2v) is 8.70. The van der Waals surface area contributed by atoms with E-state index in [1.807, 2.05) is 133 Å². The molecule has 6 aromatic carbocycles. The van der Waals surface area contributed by atoms with Gasteiger partial charge < -0.3 is 0 Å². The number of rotatable bonds is 1. The van der Waals surface area contributed by atoms with Gasteiger partial charge in [-0.25, -0.2) is 0 Å². The largest absolute Gasteiger partial charge is 0.0622 e. The summed E-state index contributed by atoms with van der Waals surface area (Å²) < 4.78 is 0. The van der Waals surface area contributed by atoms with Crippen LogP contribution in [0.15, 0.2) is 182 Å². The molecule has 6 aromatic rings. The maximum absolute atomic E-state index is 3.11. The Balaban J connectivity index is 0.000000139. The van der Waals surface area contributed by atoms with Crippen LogP contribution in [0.25, 0.3) is 11.1 Å². The minimum atomic E-state index is 1.05. The first kappa shape index (κ1) is 27.5. The summed E-state index contributed by atoms with van der Waals surface area (Å²) in [5.41, 5.74) is 6.76. The van der Waals surface area contributed by atoms with Gasteiger partial charge in [0.05, 0.1) is 0 Å². The smallest absolute Gasteiger partial charge is 0.0249 e. The molecule has 0 atom stereocenters. The van der Waals surface area contributed by atoms with E-state index in [0.717, 1.165) is 22.3 Å². The van der Waals surface area contributed by atoms with E-state index in [1.165, 1.54) is 11.1 Å². The highest BCUT2D eigenvalue weighted by Crippen LogP contribution is 2.17. The lowest BCUT2D eigenvalue weighted by Crippen LogP contribution is -1.73. The molecule has 0 nitrogen and oxygen atoms in total. The molecule has 0 heterocycles. The van der Waals surface area contributed by atoms with Crippen molar-refractivity contribution in [1.82, 2.24) is 0 Å². The Bertz CT molecular complexity index is 1420. The molecule has 0 heteroatoms. The minimum Gasteiger partial charge on any atom is -0.0622 e. The summed E-state index contributed by atoms with van der Waals surface area (Å²) >= 11 is 0. The standard InChI is InChI=1S/2C14H10.C12H10/c2*1-3-7-13(8-4-1)11-12-14-9-5-2-6-10-14;1-3-7-11(8-4-1)12-9-5-2-6-10-12/h2*1-10H;1-10H. The Morgan fingerprint density at radius 1 is 0.200 bits per heavy atom. The van der Waals surface area contributed by atoms with Crippen molar-refractivity contribution in [3.05, 3.63) is 204 Å². The van der Waals surface area contributed by atoms with Crippen LogP contribution >= 0.6 is 0 Å². The van der Waals surface area contributed by atoms with E-state index in [4.69, 9.17) is 0 Å². The highest BCUT2D eigenvalue weighted by atomic mass is 14.0. The molecule has 0 amide bonds. The lowest BCUT2D eigenvalue weighted by atomic mass is 10.1. The van der Waals surface area contributed by atoms with Gasteiger partial charge in [-0.2, -0.15) is 0 Å². The molecule has 0 fully saturated rings. The summed E-state index contributed by atoms with van der Waals surface area (Å²) in [6.07, 6.45) is 0. The van der Waals surface area contributed by atoms with Gasteiger partial charge in [0.1, 0.15) is 0 Å². The van der Waals surface area contributed by atoms with Gasteiger partial charge in [-0.1, -0.05) is 157 Å². The van der Waals surface area contributed by atoms with E-state index in [-0.39, 0.29) is 0 Å². The molecule has 0 aliphatic heterocycles. The summed E-state index contributed by atoms with van der Waals surface area (Å²) in [6, 6.07) is 60.8. The van der Waals surface area contributed by atoms with Gasteiger partial charge in [-0.3, -0.25) is 0 Å². The van der Waals surface area contributed by atoms with Crippen LogP contribution in [-0.2, 0) is 0 Å². The maximum atomic E-state index is 3.11. The topological polar surface area (TPSA) is 0 Å². The molecule has 40 heavy (non-hydrogen) atoms. The number of hydrogen-bond acceptors (Lipinski definition) is 0. The zero-order valence-corrected chi connectivity index (χ0v) is 22.3. The Hall–Kier alpha value is -5.56. The van der Waals surface area contributed by atoms with E-state index < -0.39 is 0 Å². The molecular weight excluding hydrogens is 480 g/mol. The zero-order valence-electron chi connectivity index (χ0n) is 22.3. The van der Waals surface area contributed by atoms with E-state index in [1.54, 1.807) is 0 Å². The van der Waals surface area contributed by atoms with Gasteiger partial charge >= 0.3 is 0 Å². The first-order valence-corrected chi connectivity index (χ1v) is 13.2. The Labute approximate surface area is 238 Å². The van der Waals surface area contributed by atoms with E-state index in [9.17, 15) is 0 Å². The molecule has 0 saturated heterocycles. The molecule has 0 unspecified atom stereocenters. The van der Waals surface area contributed by atoms with Crippen molar-refractivity contribution in [2.45, 2.75) is 0 Å². The van der Waals surface area contributed by atoms with E-state index >= 15 is 0 Å². The van der Waals surface area contributed by atoms with Gasteiger partial charge in [-0.05, 0) is 59.7 Å². The summed E-state index contributed by atoms with van der Waals surface area (Å²) in [5, 5.41) is 0. The molecular formula is C40H30. The average molecular weight is 511 g/mol. The van der Waals surface area contributed by atoms with Crippen LogP contribution in [0.4, 0.5) is 0 Å². The number of hydrogen-bond donors (Lipinski definition) is 0. The van der Waals surface area contributed by atoms with Gasteiger partial charge in [0.25, 0.3) is 0 Å². The third-order valence-electron chi connectivity index (χ3n) is 5.68. The minimum absolute atomic E-state index is 1.05. The summed E-state index contributed by atoms with van der Waals surface area (Å²) in [7, 11) is 0. The van der Waals surface area contributed by atoms with Gasteiger partial charge in [-0.15, -0.1) is 0 Å². The van der Waals surface area contributed by atoms with Gasteiger partial charge in [0, 0.05) is 22.3 Å². The van der Waals surface area contributed by atoms with Crippen molar-refractivity contribution in [3.8, 4) is 34.8 Å². The van der Waals surface area contributed by atoms with Crippen LogP contribution < -0.4 is 0 Å². The van der Waals surface area contributed by atoms with E-state index in [0.29, 0.717) is 0 Å². The monoisotopic (exact) mass is 510 g/mol. The lowest BCUT2D eigenvalue weighted by Gasteiger charge is -1.98. The van der Waals surface area contributed by atoms with Crippen molar-refractivity contribution < 1.29 is 0 Å². The fourth-order valence-electron chi connectivity index (χ4n) is 3.64. The Kier molecular flexibility index (Phi) is 11.2. The van der Waals surface area contributed by atoms with Crippen molar-refractivity contribution in [1.29, 1.82) is 0 Å². The second-order valence-electron chi connectivity index (χ2n) is 8.70. The van der Waals surface area contributed by atoms with Gasteiger partial charge in [0.2, 0.25) is 0 Å². The molecule has 0 aromatic heterocycles. The quantitative estimate of drug-likeness (QED) is 0.193. The Morgan fingerprint density at radius 3 is 0.575 bits per heavy atom.